The summed E-state index contributed by atoms with van der Waals surface area (Å²) in [5.74, 6) is 1.08. The quantitative estimate of drug-likeness (QED) is 0.827. The molecule has 140 valence electrons. The lowest BCUT2D eigenvalue weighted by Gasteiger charge is -2.26. The minimum atomic E-state index is -0.443. The van der Waals surface area contributed by atoms with Gasteiger partial charge in [0, 0.05) is 18.3 Å². The van der Waals surface area contributed by atoms with Crippen molar-refractivity contribution < 1.29 is 9.53 Å². The third kappa shape index (κ3) is 3.81. The Labute approximate surface area is 155 Å². The topological polar surface area (TPSA) is 57.0 Å². The maximum atomic E-state index is 13.0. The van der Waals surface area contributed by atoms with E-state index in [0.29, 0.717) is 6.42 Å². The molecule has 1 aliphatic rings. The van der Waals surface area contributed by atoms with Gasteiger partial charge in [0.15, 0.2) is 5.78 Å². The number of hydrogen-bond acceptors (Lipinski definition) is 4. The van der Waals surface area contributed by atoms with Crippen LogP contribution in [0, 0.1) is 5.41 Å². The Balaban J connectivity index is 1.80. The largest absolute Gasteiger partial charge is 0.490 e. The summed E-state index contributed by atoms with van der Waals surface area (Å²) in [6, 6.07) is 6.08. The summed E-state index contributed by atoms with van der Waals surface area (Å²) in [6.07, 6.45) is 4.48. The predicted molar refractivity (Wildman–Crippen MR) is 101 cm³/mol. The maximum Gasteiger partial charge on any atom is 0.162 e. The first-order chi connectivity index (χ1) is 12.1. The Morgan fingerprint density at radius 2 is 2.00 bits per heavy atom. The number of fused-ring (bicyclic) bond motifs is 1. The average Bonchev–Trinajstić information content (AvgIpc) is 3.18. The minimum Gasteiger partial charge on any atom is -0.490 e. The summed E-state index contributed by atoms with van der Waals surface area (Å²) in [6.45, 7) is 12.5. The summed E-state index contributed by atoms with van der Waals surface area (Å²) < 4.78 is 7.82. The Kier molecular flexibility index (Phi) is 4.67. The van der Waals surface area contributed by atoms with Crippen molar-refractivity contribution in [1.82, 2.24) is 14.8 Å². The van der Waals surface area contributed by atoms with Gasteiger partial charge in [-0.2, -0.15) is 5.10 Å². The predicted octanol–water partition coefficient (Wildman–Crippen LogP) is 4.13. The van der Waals surface area contributed by atoms with E-state index in [9.17, 15) is 4.79 Å². The molecule has 0 radical (unpaired) electrons. The van der Waals surface area contributed by atoms with Crippen molar-refractivity contribution in [2.24, 2.45) is 5.41 Å². The van der Waals surface area contributed by atoms with Crippen LogP contribution in [0.4, 0.5) is 0 Å². The normalized spacial score (nSPS) is 18.3. The highest BCUT2D eigenvalue weighted by Gasteiger charge is 2.36. The van der Waals surface area contributed by atoms with E-state index in [1.54, 1.807) is 11.0 Å². The molecule has 2 heterocycles. The Bertz CT molecular complexity index is 783. The molecule has 0 saturated carbocycles. The zero-order chi connectivity index (χ0) is 19.1. The Morgan fingerprint density at radius 3 is 2.58 bits per heavy atom. The summed E-state index contributed by atoms with van der Waals surface area (Å²) in [7, 11) is 0. The summed E-state index contributed by atoms with van der Waals surface area (Å²) in [5, 5.41) is 4.22. The number of benzene rings is 1. The second-order valence-electron chi connectivity index (χ2n) is 9.26. The van der Waals surface area contributed by atoms with Gasteiger partial charge in [-0.05, 0) is 22.6 Å². The molecule has 1 aliphatic heterocycles. The van der Waals surface area contributed by atoms with E-state index >= 15 is 0 Å². The molecule has 3 rings (SSSR count). The van der Waals surface area contributed by atoms with Crippen LogP contribution in [0.3, 0.4) is 0 Å². The van der Waals surface area contributed by atoms with Gasteiger partial charge < -0.3 is 4.74 Å². The van der Waals surface area contributed by atoms with Crippen molar-refractivity contribution >= 4 is 5.78 Å². The highest BCUT2D eigenvalue weighted by atomic mass is 16.5. The summed E-state index contributed by atoms with van der Waals surface area (Å²) in [5.41, 5.74) is 2.20. The number of rotatable bonds is 4. The maximum absolute atomic E-state index is 13.0. The van der Waals surface area contributed by atoms with Crippen molar-refractivity contribution in [2.45, 2.75) is 71.9 Å². The molecule has 2 aromatic rings. The lowest BCUT2D eigenvalue weighted by molar-refractivity contribution is -0.130. The zero-order valence-corrected chi connectivity index (χ0v) is 16.6. The van der Waals surface area contributed by atoms with Gasteiger partial charge >= 0.3 is 0 Å². The van der Waals surface area contributed by atoms with E-state index in [0.717, 1.165) is 12.2 Å². The monoisotopic (exact) mass is 355 g/mol. The van der Waals surface area contributed by atoms with Crippen LogP contribution in [-0.4, -0.2) is 26.7 Å². The third-order valence-electron chi connectivity index (χ3n) is 4.95. The molecule has 1 aromatic heterocycles. The van der Waals surface area contributed by atoms with Crippen molar-refractivity contribution in [3.63, 3.8) is 0 Å². The standard InChI is InChI=1S/C21H29N3O2/c1-20(2,3)15-7-8-18-14(9-15)10-16(26-18)11-17(19(25)21(4,5)6)24-13-22-12-23-24/h7-9,12-13,16-17H,10-11H2,1-6H3. The molecule has 0 saturated heterocycles. The van der Waals surface area contributed by atoms with E-state index < -0.39 is 5.41 Å². The van der Waals surface area contributed by atoms with Crippen molar-refractivity contribution in [3.05, 3.63) is 42.0 Å². The zero-order valence-electron chi connectivity index (χ0n) is 16.6. The molecule has 0 amide bonds. The summed E-state index contributed by atoms with van der Waals surface area (Å²) in [4.78, 5) is 17.0. The van der Waals surface area contributed by atoms with E-state index in [1.165, 1.54) is 17.5 Å². The van der Waals surface area contributed by atoms with Crippen molar-refractivity contribution in [1.29, 1.82) is 0 Å². The van der Waals surface area contributed by atoms with Gasteiger partial charge in [-0.25, -0.2) is 9.67 Å². The van der Waals surface area contributed by atoms with E-state index in [1.807, 2.05) is 20.8 Å². The van der Waals surface area contributed by atoms with E-state index in [4.69, 9.17) is 4.74 Å². The molecule has 5 nitrogen and oxygen atoms in total. The van der Waals surface area contributed by atoms with Crippen molar-refractivity contribution in [3.8, 4) is 5.75 Å². The SMILES string of the molecule is CC(C)(C)C(=O)C(CC1Cc2cc(C(C)(C)C)ccc2O1)n1cncn1. The van der Waals surface area contributed by atoms with Gasteiger partial charge in [0.05, 0.1) is 0 Å². The second-order valence-corrected chi connectivity index (χ2v) is 9.26. The molecule has 2 unspecified atom stereocenters. The number of hydrogen-bond donors (Lipinski definition) is 0. The number of ketones is 1. The molecule has 0 bridgehead atoms. The second kappa shape index (κ2) is 6.53. The number of carbonyl (C=O) groups is 1. The molecule has 0 spiro atoms. The fourth-order valence-corrected chi connectivity index (χ4v) is 3.38. The smallest absolute Gasteiger partial charge is 0.162 e. The first-order valence-corrected chi connectivity index (χ1v) is 9.24. The molecule has 0 aliphatic carbocycles. The number of carbonyl (C=O) groups excluding carboxylic acids is 1. The molecular weight excluding hydrogens is 326 g/mol. The van der Waals surface area contributed by atoms with Crippen LogP contribution in [0.25, 0.3) is 0 Å². The fourth-order valence-electron chi connectivity index (χ4n) is 3.38. The van der Waals surface area contributed by atoms with Crippen LogP contribution in [0.2, 0.25) is 0 Å². The van der Waals surface area contributed by atoms with Crippen LogP contribution in [0.15, 0.2) is 30.9 Å². The highest BCUT2D eigenvalue weighted by molar-refractivity contribution is 5.87. The Morgan fingerprint density at radius 1 is 1.27 bits per heavy atom. The number of ether oxygens (including phenoxy) is 1. The number of Topliss-reactive ketones (excluding diaryl/α,β-unsaturated/α-hetero) is 1. The van der Waals surface area contributed by atoms with Gasteiger partial charge in [-0.1, -0.05) is 53.7 Å². The van der Waals surface area contributed by atoms with Gasteiger partial charge in [0.25, 0.3) is 0 Å². The summed E-state index contributed by atoms with van der Waals surface area (Å²) >= 11 is 0. The number of aromatic nitrogens is 3. The van der Waals surface area contributed by atoms with Crippen LogP contribution >= 0.6 is 0 Å². The molecular formula is C21H29N3O2. The number of nitrogens with zero attached hydrogens (tertiary/aromatic N) is 3. The highest BCUT2D eigenvalue weighted by Crippen LogP contribution is 2.36. The molecule has 0 N–H and O–H groups in total. The molecule has 5 heteroatoms. The average molecular weight is 355 g/mol. The van der Waals surface area contributed by atoms with E-state index in [-0.39, 0.29) is 23.3 Å². The molecule has 2 atom stereocenters. The minimum absolute atomic E-state index is 0.0271. The Hall–Kier alpha value is -2.17. The van der Waals surface area contributed by atoms with Crippen LogP contribution < -0.4 is 4.74 Å². The lowest BCUT2D eigenvalue weighted by atomic mass is 9.83. The van der Waals surface area contributed by atoms with Gasteiger partial charge in [0.2, 0.25) is 0 Å². The van der Waals surface area contributed by atoms with E-state index in [2.05, 4.69) is 49.1 Å². The first-order valence-electron chi connectivity index (χ1n) is 9.24. The van der Waals surface area contributed by atoms with Gasteiger partial charge in [-0.3, -0.25) is 4.79 Å². The first kappa shape index (κ1) is 18.6. The molecule has 1 aromatic carbocycles. The third-order valence-corrected chi connectivity index (χ3v) is 4.95. The fraction of sp³-hybridized carbons (Fsp3) is 0.571. The van der Waals surface area contributed by atoms with Gasteiger partial charge in [0.1, 0.15) is 30.5 Å². The van der Waals surface area contributed by atoms with Crippen LogP contribution in [0.5, 0.6) is 5.75 Å². The molecule has 26 heavy (non-hydrogen) atoms. The lowest BCUT2D eigenvalue weighted by Crippen LogP contribution is -2.34. The molecule has 0 fully saturated rings. The van der Waals surface area contributed by atoms with Crippen LogP contribution in [-0.2, 0) is 16.6 Å². The van der Waals surface area contributed by atoms with Gasteiger partial charge in [-0.15, -0.1) is 0 Å². The van der Waals surface area contributed by atoms with Crippen LogP contribution in [0.1, 0.15) is 65.1 Å². The van der Waals surface area contributed by atoms with Crippen molar-refractivity contribution in [2.75, 3.05) is 0 Å².